The van der Waals surface area contributed by atoms with E-state index in [0.29, 0.717) is 10.4 Å². The minimum Gasteiger partial charge on any atom is -0.368 e. The summed E-state index contributed by atoms with van der Waals surface area (Å²) in [6, 6.07) is 5.62. The van der Waals surface area contributed by atoms with Gasteiger partial charge in [-0.15, -0.1) is 0 Å². The molecule has 0 bridgehead atoms. The number of aliphatic hydroxyl groups is 1. The second kappa shape index (κ2) is 8.11. The van der Waals surface area contributed by atoms with Gasteiger partial charge in [0.1, 0.15) is 0 Å². The summed E-state index contributed by atoms with van der Waals surface area (Å²) in [4.78, 5) is 46.5. The average Bonchev–Trinajstić information content (AvgIpc) is 2.45. The van der Waals surface area contributed by atoms with Crippen molar-refractivity contribution >= 4 is 38.0 Å². The summed E-state index contributed by atoms with van der Waals surface area (Å²) >= 11 is 5.09. The molecule has 0 aliphatic heterocycles. The van der Waals surface area contributed by atoms with Crippen molar-refractivity contribution in [2.45, 2.75) is 30.8 Å². The normalized spacial score (nSPS) is 12.8. The monoisotopic (exact) mass is 413 g/mol. The average molecular weight is 413 g/mol. The van der Waals surface area contributed by atoms with Crippen molar-refractivity contribution < 1.29 is 38.7 Å². The topological polar surface area (TPSA) is 178 Å². The Kier molecular flexibility index (Phi) is 7.14. The van der Waals surface area contributed by atoms with Crippen LogP contribution in [-0.2, 0) is 15.6 Å². The maximum Gasteiger partial charge on any atom is 0.369 e. The van der Waals surface area contributed by atoms with Gasteiger partial charge in [-0.1, -0.05) is 24.4 Å². The second-order valence-corrected chi connectivity index (χ2v) is 9.94. The van der Waals surface area contributed by atoms with E-state index in [1.807, 2.05) is 0 Å². The van der Waals surface area contributed by atoms with Crippen molar-refractivity contribution in [3.8, 4) is 0 Å². The lowest BCUT2D eigenvalue weighted by Gasteiger charge is -2.29. The lowest BCUT2D eigenvalue weighted by molar-refractivity contribution is -0.384. The molecule has 5 N–H and O–H groups in total. The van der Waals surface area contributed by atoms with Crippen LogP contribution in [0.3, 0.4) is 0 Å². The number of nitrogens with zero attached hydrogens (tertiary/aromatic N) is 1. The van der Waals surface area contributed by atoms with Crippen LogP contribution in [0.15, 0.2) is 24.3 Å². The van der Waals surface area contributed by atoms with Crippen LogP contribution in [0.5, 0.6) is 0 Å². The zero-order chi connectivity index (χ0) is 19.5. The number of nitro benzene ring substituents is 1. The lowest BCUT2D eigenvalue weighted by Crippen LogP contribution is -2.28. The van der Waals surface area contributed by atoms with E-state index < -0.39 is 31.6 Å². The van der Waals surface area contributed by atoms with E-state index in [2.05, 4.69) is 0 Å². The van der Waals surface area contributed by atoms with Gasteiger partial charge in [0.15, 0.2) is 0 Å². The van der Waals surface area contributed by atoms with Gasteiger partial charge in [0.05, 0.1) is 4.92 Å². The van der Waals surface area contributed by atoms with Crippen LogP contribution in [0.1, 0.15) is 24.8 Å². The van der Waals surface area contributed by atoms with Crippen molar-refractivity contribution in [2.24, 2.45) is 0 Å². The maximum atomic E-state index is 11.2. The summed E-state index contributed by atoms with van der Waals surface area (Å²) in [6.07, 6.45) is -0.660. The summed E-state index contributed by atoms with van der Waals surface area (Å²) < 4.78 is 22.4. The van der Waals surface area contributed by atoms with Crippen LogP contribution < -0.4 is 0 Å². The number of thiocarbonyl (C=S) groups is 1. The molecule has 0 spiro atoms. The van der Waals surface area contributed by atoms with Crippen LogP contribution in [-0.4, -0.2) is 39.6 Å². The third-order valence-corrected chi connectivity index (χ3v) is 7.67. The summed E-state index contributed by atoms with van der Waals surface area (Å²) in [5, 5.41) is 16.9. The van der Waals surface area contributed by atoms with Crippen LogP contribution in [0, 0.1) is 10.1 Å². The Hall–Kier alpha value is -1.03. The van der Waals surface area contributed by atoms with Crippen LogP contribution in [0.25, 0.3) is 0 Å². The van der Waals surface area contributed by atoms with Gasteiger partial charge in [0.25, 0.3) is 10.8 Å². The Morgan fingerprint density at radius 2 is 1.60 bits per heavy atom. The summed E-state index contributed by atoms with van der Waals surface area (Å²) in [5.74, 6) is 0. The van der Waals surface area contributed by atoms with Crippen molar-refractivity contribution in [3.05, 3.63) is 39.9 Å². The van der Waals surface area contributed by atoms with Gasteiger partial charge >= 0.3 is 15.2 Å². The van der Waals surface area contributed by atoms with Gasteiger partial charge < -0.3 is 24.7 Å². The number of nitro groups is 1. The predicted octanol–water partition coefficient (Wildman–Crippen LogP) is 1.68. The zero-order valence-electron chi connectivity index (χ0n) is 12.8. The van der Waals surface area contributed by atoms with E-state index in [0.717, 1.165) is 0 Å². The van der Waals surface area contributed by atoms with E-state index in [4.69, 9.17) is 31.8 Å². The number of rotatable bonds is 9. The molecule has 0 radical (unpaired) electrons. The van der Waals surface area contributed by atoms with Gasteiger partial charge in [0, 0.05) is 25.0 Å². The molecular formula is C12H17NO9P2S. The van der Waals surface area contributed by atoms with Crippen molar-refractivity contribution in [1.29, 1.82) is 0 Å². The molecule has 0 aliphatic rings. The zero-order valence-corrected chi connectivity index (χ0v) is 15.4. The van der Waals surface area contributed by atoms with Gasteiger partial charge in [-0.2, -0.15) is 0 Å². The third-order valence-electron chi connectivity index (χ3n) is 3.45. The van der Waals surface area contributed by atoms with Gasteiger partial charge in [0.2, 0.25) is 0 Å². The molecule has 0 saturated carbocycles. The third kappa shape index (κ3) is 5.73. The highest BCUT2D eigenvalue weighted by Gasteiger charge is 2.58. The van der Waals surface area contributed by atoms with E-state index >= 15 is 0 Å². The molecule has 10 nitrogen and oxygen atoms in total. The minimum absolute atomic E-state index is 0.0780. The lowest BCUT2D eigenvalue weighted by atomic mass is 10.1. The number of benzene rings is 1. The molecular weight excluding hydrogens is 396 g/mol. The fraction of sp³-hybridized carbons (Fsp3) is 0.417. The Bertz CT molecular complexity index is 717. The fourth-order valence-corrected chi connectivity index (χ4v) is 4.60. The number of hydrogen-bond donors (Lipinski definition) is 5. The highest BCUT2D eigenvalue weighted by Crippen LogP contribution is 2.69. The fourth-order valence-electron chi connectivity index (χ4n) is 2.04. The van der Waals surface area contributed by atoms with E-state index in [1.54, 1.807) is 0 Å². The molecule has 0 aliphatic carbocycles. The smallest absolute Gasteiger partial charge is 0.368 e. The first-order chi connectivity index (χ1) is 11.3. The van der Waals surface area contributed by atoms with Crippen LogP contribution >= 0.6 is 27.4 Å². The molecule has 13 heteroatoms. The van der Waals surface area contributed by atoms with Crippen molar-refractivity contribution in [2.75, 3.05) is 0 Å². The minimum atomic E-state index is -5.47. The standard InChI is InChI=1S/C12H17NO9P2S/c14-12(23(17,18)19,24(20,21)22)7-1-2-11(25)8-9-3-5-10(6-4-9)13(15)16/h3-6,14H,1-2,7-8H2,(H2,17,18,19)(H2,20,21,22). The SMILES string of the molecule is O=[N+]([O-])c1ccc(CC(=S)CCCC(O)(P(=O)(O)O)P(=O)(O)O)cc1. The highest BCUT2D eigenvalue weighted by molar-refractivity contribution is 7.80. The number of hydrogen-bond acceptors (Lipinski definition) is 6. The highest BCUT2D eigenvalue weighted by atomic mass is 32.1. The first-order valence-corrected chi connectivity index (χ1v) is 10.5. The number of non-ortho nitro benzene ring substituents is 1. The Morgan fingerprint density at radius 1 is 1.12 bits per heavy atom. The van der Waals surface area contributed by atoms with E-state index in [-0.39, 0.29) is 24.9 Å². The Balaban J connectivity index is 2.66. The first kappa shape index (κ1) is 22.0. The molecule has 0 unspecified atom stereocenters. The molecule has 1 aromatic rings. The largest absolute Gasteiger partial charge is 0.369 e. The van der Waals surface area contributed by atoms with Gasteiger partial charge in [-0.05, 0) is 23.3 Å². The van der Waals surface area contributed by atoms with E-state index in [9.17, 15) is 24.4 Å². The molecule has 0 fully saturated rings. The molecule has 0 aromatic heterocycles. The van der Waals surface area contributed by atoms with Crippen LogP contribution in [0.4, 0.5) is 5.69 Å². The van der Waals surface area contributed by atoms with Crippen LogP contribution in [0.2, 0.25) is 0 Å². The summed E-state index contributed by atoms with van der Waals surface area (Å²) in [5.41, 5.74) is 0.596. The summed E-state index contributed by atoms with van der Waals surface area (Å²) in [7, 11) is -10.9. The molecule has 1 aromatic carbocycles. The van der Waals surface area contributed by atoms with Crippen molar-refractivity contribution in [1.82, 2.24) is 0 Å². The molecule has 140 valence electrons. The summed E-state index contributed by atoms with van der Waals surface area (Å²) in [6.45, 7) is 0. The molecule has 0 atom stereocenters. The second-order valence-electron chi connectivity index (χ2n) is 5.35. The maximum absolute atomic E-state index is 11.2. The first-order valence-electron chi connectivity index (χ1n) is 6.86. The molecule has 0 amide bonds. The molecule has 1 rings (SSSR count). The quantitative estimate of drug-likeness (QED) is 0.173. The Morgan fingerprint density at radius 3 is 2.00 bits per heavy atom. The van der Waals surface area contributed by atoms with Gasteiger partial charge in [-0.3, -0.25) is 19.2 Å². The molecule has 0 saturated heterocycles. The van der Waals surface area contributed by atoms with Gasteiger partial charge in [-0.25, -0.2) is 0 Å². The Labute approximate surface area is 148 Å². The molecule has 0 heterocycles. The molecule has 25 heavy (non-hydrogen) atoms. The van der Waals surface area contributed by atoms with E-state index in [1.165, 1.54) is 24.3 Å². The predicted molar refractivity (Wildman–Crippen MR) is 92.3 cm³/mol. The van der Waals surface area contributed by atoms with Crippen molar-refractivity contribution in [3.63, 3.8) is 0 Å².